The first-order valence-corrected chi connectivity index (χ1v) is 6.70. The Bertz CT molecular complexity index is 642. The Labute approximate surface area is 121 Å². The lowest BCUT2D eigenvalue weighted by atomic mass is 10.0. The molecule has 0 aliphatic rings. The van der Waals surface area contributed by atoms with Crippen LogP contribution in [0.5, 0.6) is 0 Å². The first-order chi connectivity index (χ1) is 9.74. The largest absolute Gasteiger partial charge is 0.434 e. The van der Waals surface area contributed by atoms with Crippen LogP contribution >= 0.6 is 0 Å². The highest BCUT2D eigenvalue weighted by atomic mass is 19.4. The van der Waals surface area contributed by atoms with Crippen LogP contribution < -0.4 is 5.73 Å². The maximum absolute atomic E-state index is 12.9. The van der Waals surface area contributed by atoms with Gasteiger partial charge < -0.3 is 10.3 Å². The van der Waals surface area contributed by atoms with Crippen LogP contribution in [0.15, 0.2) is 24.4 Å². The number of hydrogen-bond donors (Lipinski definition) is 1. The predicted molar refractivity (Wildman–Crippen MR) is 75.7 cm³/mol. The third-order valence-electron chi connectivity index (χ3n) is 3.35. The Morgan fingerprint density at radius 1 is 1.29 bits per heavy atom. The number of aryl methyl sites for hydroxylation is 1. The second-order valence-electron chi connectivity index (χ2n) is 5.30. The molecule has 0 amide bonds. The van der Waals surface area contributed by atoms with Gasteiger partial charge in [-0.3, -0.25) is 0 Å². The smallest absolute Gasteiger partial charge is 0.328 e. The number of imidazole rings is 1. The number of hydrogen-bond acceptors (Lipinski definition) is 2. The molecule has 2 rings (SSSR count). The summed E-state index contributed by atoms with van der Waals surface area (Å²) in [5.74, 6) is 0.332. The Kier molecular flexibility index (Phi) is 4.09. The lowest BCUT2D eigenvalue weighted by Gasteiger charge is -2.13. The third-order valence-corrected chi connectivity index (χ3v) is 3.35. The van der Waals surface area contributed by atoms with Crippen molar-refractivity contribution in [2.24, 2.45) is 5.73 Å². The molecule has 0 saturated heterocycles. The van der Waals surface area contributed by atoms with Crippen molar-refractivity contribution in [3.05, 3.63) is 41.2 Å². The van der Waals surface area contributed by atoms with Crippen LogP contribution in [0.2, 0.25) is 0 Å². The maximum atomic E-state index is 12.9. The quantitative estimate of drug-likeness (QED) is 0.933. The molecule has 3 nitrogen and oxygen atoms in total. The summed E-state index contributed by atoms with van der Waals surface area (Å²) in [4.78, 5) is 3.80. The van der Waals surface area contributed by atoms with Gasteiger partial charge in [-0.2, -0.15) is 13.2 Å². The monoisotopic (exact) mass is 297 g/mol. The highest BCUT2D eigenvalue weighted by molar-refractivity contribution is 5.62. The minimum Gasteiger partial charge on any atom is -0.328 e. The van der Waals surface area contributed by atoms with Gasteiger partial charge in [0.05, 0.1) is 0 Å². The fourth-order valence-corrected chi connectivity index (χ4v) is 2.23. The second-order valence-corrected chi connectivity index (χ2v) is 5.30. The van der Waals surface area contributed by atoms with Gasteiger partial charge in [-0.25, -0.2) is 4.98 Å². The van der Waals surface area contributed by atoms with Crippen molar-refractivity contribution in [1.82, 2.24) is 9.55 Å². The van der Waals surface area contributed by atoms with Crippen LogP contribution in [0.4, 0.5) is 13.2 Å². The number of aromatic nitrogens is 2. The summed E-state index contributed by atoms with van der Waals surface area (Å²) in [7, 11) is 0. The zero-order chi connectivity index (χ0) is 15.8. The number of nitrogens with two attached hydrogens (primary N) is 1. The van der Waals surface area contributed by atoms with Crippen molar-refractivity contribution in [3.8, 4) is 11.4 Å². The predicted octanol–water partition coefficient (Wildman–Crippen LogP) is 3.92. The second kappa shape index (κ2) is 5.52. The summed E-state index contributed by atoms with van der Waals surface area (Å²) in [5.41, 5.74) is 7.20. The van der Waals surface area contributed by atoms with Crippen molar-refractivity contribution in [3.63, 3.8) is 0 Å². The van der Waals surface area contributed by atoms with Crippen LogP contribution in [0.25, 0.3) is 11.4 Å². The zero-order valence-corrected chi connectivity index (χ0v) is 12.2. The molecule has 0 atom stereocenters. The van der Waals surface area contributed by atoms with Gasteiger partial charge in [-0.15, -0.1) is 0 Å². The topological polar surface area (TPSA) is 43.8 Å². The van der Waals surface area contributed by atoms with E-state index in [1.165, 1.54) is 0 Å². The molecule has 0 radical (unpaired) electrons. The Morgan fingerprint density at radius 3 is 2.43 bits per heavy atom. The van der Waals surface area contributed by atoms with E-state index in [9.17, 15) is 13.2 Å². The third kappa shape index (κ3) is 3.10. The van der Waals surface area contributed by atoms with Crippen molar-refractivity contribution in [2.75, 3.05) is 0 Å². The van der Waals surface area contributed by atoms with E-state index in [0.29, 0.717) is 17.9 Å². The van der Waals surface area contributed by atoms with Crippen molar-refractivity contribution >= 4 is 0 Å². The molecule has 1 aromatic carbocycles. The fourth-order valence-electron chi connectivity index (χ4n) is 2.23. The van der Waals surface area contributed by atoms with E-state index in [4.69, 9.17) is 5.73 Å². The number of rotatable bonds is 3. The summed E-state index contributed by atoms with van der Waals surface area (Å²) >= 11 is 0. The molecule has 0 saturated carbocycles. The van der Waals surface area contributed by atoms with Gasteiger partial charge in [0.25, 0.3) is 0 Å². The number of nitrogens with zero attached hydrogens (tertiary/aromatic N) is 2. The van der Waals surface area contributed by atoms with Crippen LogP contribution in [0.3, 0.4) is 0 Å². The van der Waals surface area contributed by atoms with Crippen LogP contribution in [-0.4, -0.2) is 9.55 Å². The average Bonchev–Trinajstić information content (AvgIpc) is 2.83. The molecule has 6 heteroatoms. The Balaban J connectivity index is 2.60. The highest BCUT2D eigenvalue weighted by Gasteiger charge is 2.35. The maximum Gasteiger partial charge on any atom is 0.434 e. The van der Waals surface area contributed by atoms with E-state index in [1.807, 2.05) is 32.9 Å². The summed E-state index contributed by atoms with van der Waals surface area (Å²) < 4.78 is 40.2. The van der Waals surface area contributed by atoms with Gasteiger partial charge >= 0.3 is 6.18 Å². The first-order valence-electron chi connectivity index (χ1n) is 6.70. The van der Waals surface area contributed by atoms with E-state index in [0.717, 1.165) is 17.3 Å². The van der Waals surface area contributed by atoms with E-state index < -0.39 is 11.9 Å². The molecule has 21 heavy (non-hydrogen) atoms. The Morgan fingerprint density at radius 2 is 1.95 bits per heavy atom. The number of halogens is 3. The van der Waals surface area contributed by atoms with Crippen LogP contribution in [-0.2, 0) is 12.7 Å². The molecule has 0 aliphatic carbocycles. The molecule has 0 bridgehead atoms. The van der Waals surface area contributed by atoms with Gasteiger partial charge in [-0.05, 0) is 31.9 Å². The van der Waals surface area contributed by atoms with Crippen molar-refractivity contribution in [2.45, 2.75) is 39.5 Å². The molecule has 0 spiro atoms. The lowest BCUT2D eigenvalue weighted by molar-refractivity contribution is -0.140. The molecule has 1 aromatic heterocycles. The van der Waals surface area contributed by atoms with Crippen LogP contribution in [0.1, 0.15) is 36.7 Å². The van der Waals surface area contributed by atoms with Crippen LogP contribution in [0, 0.1) is 6.92 Å². The van der Waals surface area contributed by atoms with E-state index in [2.05, 4.69) is 4.98 Å². The van der Waals surface area contributed by atoms with Crippen molar-refractivity contribution < 1.29 is 13.2 Å². The summed E-state index contributed by atoms with van der Waals surface area (Å²) in [6.07, 6.45) is -3.38. The average molecular weight is 297 g/mol. The summed E-state index contributed by atoms with van der Waals surface area (Å²) in [6, 6.07) is 5.35. The molecular formula is C15H18F3N3. The Hall–Kier alpha value is -1.82. The molecular weight excluding hydrogens is 279 g/mol. The summed E-state index contributed by atoms with van der Waals surface area (Å²) in [5, 5.41) is 0. The zero-order valence-electron chi connectivity index (χ0n) is 12.2. The fraction of sp³-hybridized carbons (Fsp3) is 0.400. The standard InChI is InChI=1S/C15H18F3N3/c1-9(2)21-8-13(15(16,17)18)20-14(21)12-5-4-11(7-19)6-10(12)3/h4-6,8-9H,7,19H2,1-3H3. The van der Waals surface area contributed by atoms with E-state index in [-0.39, 0.29) is 6.04 Å². The molecule has 0 aliphatic heterocycles. The molecule has 0 fully saturated rings. The van der Waals surface area contributed by atoms with Gasteiger partial charge in [-0.1, -0.05) is 18.2 Å². The molecule has 1 heterocycles. The molecule has 2 aromatic rings. The molecule has 0 unspecified atom stereocenters. The van der Waals surface area contributed by atoms with Gasteiger partial charge in [0, 0.05) is 24.3 Å². The number of alkyl halides is 3. The van der Waals surface area contributed by atoms with Gasteiger partial charge in [0.1, 0.15) is 5.82 Å². The lowest BCUT2D eigenvalue weighted by Crippen LogP contribution is -2.05. The first kappa shape index (κ1) is 15.6. The minimum absolute atomic E-state index is 0.114. The van der Waals surface area contributed by atoms with Gasteiger partial charge in [0.15, 0.2) is 5.69 Å². The number of benzene rings is 1. The SMILES string of the molecule is Cc1cc(CN)ccc1-c1nc(C(F)(F)F)cn1C(C)C. The summed E-state index contributed by atoms with van der Waals surface area (Å²) in [6.45, 7) is 5.90. The normalized spacial score (nSPS) is 12.2. The van der Waals surface area contributed by atoms with Gasteiger partial charge in [0.2, 0.25) is 0 Å². The van der Waals surface area contributed by atoms with Crippen molar-refractivity contribution in [1.29, 1.82) is 0 Å². The minimum atomic E-state index is -4.44. The highest BCUT2D eigenvalue weighted by Crippen LogP contribution is 2.33. The molecule has 114 valence electrons. The van der Waals surface area contributed by atoms with E-state index in [1.54, 1.807) is 10.6 Å². The van der Waals surface area contributed by atoms with E-state index >= 15 is 0 Å². The molecule has 2 N–H and O–H groups in total.